The van der Waals surface area contributed by atoms with E-state index in [1.807, 2.05) is 30.3 Å². The second-order valence-electron chi connectivity index (χ2n) is 4.56. The molecule has 1 amide bonds. The predicted molar refractivity (Wildman–Crippen MR) is 71.5 cm³/mol. The van der Waals surface area contributed by atoms with Crippen LogP contribution in [0.3, 0.4) is 0 Å². The molecule has 1 aliphatic rings. The molecule has 0 spiro atoms. The van der Waals surface area contributed by atoms with E-state index < -0.39 is 18.4 Å². The van der Waals surface area contributed by atoms with Gasteiger partial charge in [0.25, 0.3) is 0 Å². The lowest BCUT2D eigenvalue weighted by Gasteiger charge is -2.35. The number of likely N-dealkylation sites (tertiary alicyclic amines) is 1. The molecular formula is C13H16N4O3. The van der Waals surface area contributed by atoms with Gasteiger partial charge in [-0.1, -0.05) is 35.4 Å². The summed E-state index contributed by atoms with van der Waals surface area (Å²) in [5.41, 5.74) is 9.39. The molecule has 2 unspecified atom stereocenters. The van der Waals surface area contributed by atoms with Gasteiger partial charge in [0.2, 0.25) is 0 Å². The van der Waals surface area contributed by atoms with E-state index in [0.29, 0.717) is 19.4 Å². The number of aliphatic hydroxyl groups is 1. The average molecular weight is 276 g/mol. The zero-order valence-electron chi connectivity index (χ0n) is 10.9. The molecule has 2 rings (SSSR count). The molecule has 1 saturated heterocycles. The second-order valence-corrected chi connectivity index (χ2v) is 4.56. The van der Waals surface area contributed by atoms with Crippen LogP contribution in [0, 0.1) is 0 Å². The number of nitrogens with zero attached hydrogens (tertiary/aromatic N) is 4. The summed E-state index contributed by atoms with van der Waals surface area (Å²) in [6, 6.07) is 9.30. The van der Waals surface area contributed by atoms with Crippen LogP contribution in [0.4, 0.5) is 4.79 Å². The first kappa shape index (κ1) is 14.2. The Bertz CT molecular complexity index is 502. The summed E-state index contributed by atoms with van der Waals surface area (Å²) >= 11 is 0. The van der Waals surface area contributed by atoms with Crippen molar-refractivity contribution in [3.05, 3.63) is 46.3 Å². The van der Waals surface area contributed by atoms with E-state index >= 15 is 0 Å². The van der Waals surface area contributed by atoms with E-state index in [1.54, 1.807) is 0 Å². The SMILES string of the molecule is [N-]=[N+]=NC1C(O)CCCN1C(=O)OCc1ccccc1. The highest BCUT2D eigenvalue weighted by molar-refractivity contribution is 5.68. The van der Waals surface area contributed by atoms with Crippen LogP contribution in [0.15, 0.2) is 35.4 Å². The average Bonchev–Trinajstić information content (AvgIpc) is 2.48. The first-order chi connectivity index (χ1) is 9.72. The van der Waals surface area contributed by atoms with Crippen LogP contribution in [-0.2, 0) is 11.3 Å². The number of carbonyl (C=O) groups is 1. The number of piperidine rings is 1. The molecule has 20 heavy (non-hydrogen) atoms. The molecule has 1 aromatic carbocycles. The number of aliphatic hydroxyl groups excluding tert-OH is 1. The quantitative estimate of drug-likeness (QED) is 0.521. The van der Waals surface area contributed by atoms with Gasteiger partial charge in [-0.15, -0.1) is 0 Å². The monoisotopic (exact) mass is 276 g/mol. The molecule has 7 nitrogen and oxygen atoms in total. The summed E-state index contributed by atoms with van der Waals surface area (Å²) < 4.78 is 5.19. The maximum absolute atomic E-state index is 12.0. The number of amides is 1. The summed E-state index contributed by atoms with van der Waals surface area (Å²) in [6.45, 7) is 0.559. The third kappa shape index (κ3) is 3.40. The molecule has 0 saturated carbocycles. The molecule has 1 aromatic rings. The summed E-state index contributed by atoms with van der Waals surface area (Å²) in [5.74, 6) is 0. The van der Waals surface area contributed by atoms with Crippen molar-refractivity contribution in [2.75, 3.05) is 6.54 Å². The van der Waals surface area contributed by atoms with Gasteiger partial charge in [-0.3, -0.25) is 4.90 Å². The number of rotatable bonds is 3. The third-order valence-electron chi connectivity index (χ3n) is 3.17. The van der Waals surface area contributed by atoms with E-state index in [1.165, 1.54) is 4.90 Å². The topological polar surface area (TPSA) is 98.5 Å². The van der Waals surface area contributed by atoms with Gasteiger partial charge in [-0.25, -0.2) is 4.79 Å². The zero-order chi connectivity index (χ0) is 14.4. The van der Waals surface area contributed by atoms with Crippen LogP contribution in [0.5, 0.6) is 0 Å². The third-order valence-corrected chi connectivity index (χ3v) is 3.17. The minimum Gasteiger partial charge on any atom is -0.445 e. The molecule has 0 bridgehead atoms. The molecule has 1 fully saturated rings. The standard InChI is InChI=1S/C13H16N4O3/c14-16-15-12-11(18)7-4-8-17(12)13(19)20-9-10-5-2-1-3-6-10/h1-3,5-6,11-12,18H,4,7-9H2. The van der Waals surface area contributed by atoms with Gasteiger partial charge in [0.1, 0.15) is 12.8 Å². The van der Waals surface area contributed by atoms with Gasteiger partial charge < -0.3 is 9.84 Å². The number of azide groups is 1. The highest BCUT2D eigenvalue weighted by Crippen LogP contribution is 2.20. The fourth-order valence-corrected chi connectivity index (χ4v) is 2.15. The Kier molecular flexibility index (Phi) is 4.81. The lowest BCUT2D eigenvalue weighted by Crippen LogP contribution is -2.49. The van der Waals surface area contributed by atoms with Crippen molar-refractivity contribution >= 4 is 6.09 Å². The van der Waals surface area contributed by atoms with Crippen molar-refractivity contribution in [1.82, 2.24) is 4.90 Å². The molecule has 1 N–H and O–H groups in total. The minimum absolute atomic E-state index is 0.148. The maximum atomic E-state index is 12.0. The Hall–Kier alpha value is -2.24. The fourth-order valence-electron chi connectivity index (χ4n) is 2.15. The van der Waals surface area contributed by atoms with Gasteiger partial charge in [0.15, 0.2) is 0 Å². The smallest absolute Gasteiger partial charge is 0.410 e. The normalized spacial score (nSPS) is 21.9. The Morgan fingerprint density at radius 3 is 2.95 bits per heavy atom. The van der Waals surface area contributed by atoms with Crippen LogP contribution in [-0.4, -0.2) is 34.9 Å². The molecule has 0 aromatic heterocycles. The van der Waals surface area contributed by atoms with Crippen molar-refractivity contribution in [1.29, 1.82) is 0 Å². The minimum atomic E-state index is -0.892. The first-order valence-corrected chi connectivity index (χ1v) is 6.42. The summed E-state index contributed by atoms with van der Waals surface area (Å²) in [4.78, 5) is 16.0. The van der Waals surface area contributed by atoms with Crippen molar-refractivity contribution in [3.63, 3.8) is 0 Å². The highest BCUT2D eigenvalue weighted by Gasteiger charge is 2.33. The van der Waals surface area contributed by atoms with Crippen molar-refractivity contribution in [3.8, 4) is 0 Å². The molecule has 0 aliphatic carbocycles. The molecular weight excluding hydrogens is 260 g/mol. The number of carbonyl (C=O) groups excluding carboxylic acids is 1. The van der Waals surface area contributed by atoms with Crippen molar-refractivity contribution in [2.45, 2.75) is 31.7 Å². The van der Waals surface area contributed by atoms with Crippen molar-refractivity contribution < 1.29 is 14.6 Å². The lowest BCUT2D eigenvalue weighted by atomic mass is 10.1. The molecule has 7 heteroatoms. The number of hydrogen-bond donors (Lipinski definition) is 1. The van der Waals surface area contributed by atoms with E-state index in [4.69, 9.17) is 10.3 Å². The van der Waals surface area contributed by atoms with Crippen LogP contribution >= 0.6 is 0 Å². The molecule has 1 aliphatic heterocycles. The van der Waals surface area contributed by atoms with E-state index in [9.17, 15) is 9.90 Å². The molecule has 1 heterocycles. The van der Waals surface area contributed by atoms with E-state index in [0.717, 1.165) is 5.56 Å². The number of hydrogen-bond acceptors (Lipinski definition) is 4. The second kappa shape index (κ2) is 6.79. The van der Waals surface area contributed by atoms with E-state index in [-0.39, 0.29) is 6.61 Å². The lowest BCUT2D eigenvalue weighted by molar-refractivity contribution is 0.00607. The van der Waals surface area contributed by atoms with Crippen LogP contribution in [0.1, 0.15) is 18.4 Å². The Balaban J connectivity index is 1.98. The fraction of sp³-hybridized carbons (Fsp3) is 0.462. The van der Waals surface area contributed by atoms with Crippen LogP contribution in [0.25, 0.3) is 10.4 Å². The predicted octanol–water partition coefficient (Wildman–Crippen LogP) is 2.42. The number of ether oxygens (including phenoxy) is 1. The Morgan fingerprint density at radius 1 is 1.50 bits per heavy atom. The van der Waals surface area contributed by atoms with Gasteiger partial charge >= 0.3 is 6.09 Å². The Morgan fingerprint density at radius 2 is 2.25 bits per heavy atom. The first-order valence-electron chi connectivity index (χ1n) is 6.42. The number of benzene rings is 1. The maximum Gasteiger partial charge on any atom is 0.410 e. The largest absolute Gasteiger partial charge is 0.445 e. The van der Waals surface area contributed by atoms with Gasteiger partial charge in [-0.05, 0) is 23.9 Å². The molecule has 106 valence electrons. The van der Waals surface area contributed by atoms with Crippen molar-refractivity contribution in [2.24, 2.45) is 5.11 Å². The van der Waals surface area contributed by atoms with E-state index in [2.05, 4.69) is 10.0 Å². The van der Waals surface area contributed by atoms with Gasteiger partial charge in [-0.2, -0.15) is 0 Å². The summed E-state index contributed by atoms with van der Waals surface area (Å²) in [7, 11) is 0. The Labute approximate surface area is 116 Å². The van der Waals surface area contributed by atoms with Gasteiger partial charge in [0.05, 0.1) is 6.10 Å². The molecule has 2 atom stereocenters. The summed E-state index contributed by atoms with van der Waals surface area (Å²) in [5, 5.41) is 13.3. The van der Waals surface area contributed by atoms with Gasteiger partial charge in [0, 0.05) is 11.5 Å². The molecule has 0 radical (unpaired) electrons. The summed E-state index contributed by atoms with van der Waals surface area (Å²) in [6.07, 6.45) is -1.16. The van der Waals surface area contributed by atoms with Crippen LogP contribution < -0.4 is 0 Å². The highest BCUT2D eigenvalue weighted by atomic mass is 16.6. The van der Waals surface area contributed by atoms with Crippen LogP contribution in [0.2, 0.25) is 0 Å². The zero-order valence-corrected chi connectivity index (χ0v) is 10.9.